The zero-order valence-corrected chi connectivity index (χ0v) is 14.5. The summed E-state index contributed by atoms with van der Waals surface area (Å²) in [5.41, 5.74) is 0.605. The van der Waals surface area contributed by atoms with Crippen molar-refractivity contribution in [2.45, 2.75) is 0 Å². The Morgan fingerprint density at radius 3 is 1.80 bits per heavy atom. The van der Waals surface area contributed by atoms with E-state index in [9.17, 15) is 5.11 Å². The first-order valence-electron chi connectivity index (χ1n) is 4.95. The fourth-order valence-electron chi connectivity index (χ4n) is 1.58. The standard InChI is InChI=1S/C12H3Cl7O/c13-4-2-6(15)12(20)10(18)7(4)3-1-5(14)9(17)11(19)8(3)16/h1-2,20H. The third kappa shape index (κ3) is 2.78. The molecule has 0 heterocycles. The highest BCUT2D eigenvalue weighted by molar-refractivity contribution is 6.53. The molecular weight excluding hydrogens is 408 g/mol. The molecule has 20 heavy (non-hydrogen) atoms. The van der Waals surface area contributed by atoms with Crippen LogP contribution in [0.15, 0.2) is 12.1 Å². The number of phenolic OH excluding ortho intramolecular Hbond substituents is 1. The third-order valence-corrected chi connectivity index (χ3v) is 5.22. The second kappa shape index (κ2) is 6.18. The number of halogens is 7. The molecule has 8 heteroatoms. The zero-order chi connectivity index (χ0) is 15.2. The molecule has 0 aliphatic heterocycles. The van der Waals surface area contributed by atoms with E-state index in [1.54, 1.807) is 0 Å². The van der Waals surface area contributed by atoms with Gasteiger partial charge in [0.1, 0.15) is 0 Å². The Labute approximate surface area is 149 Å². The molecule has 2 aromatic carbocycles. The van der Waals surface area contributed by atoms with Gasteiger partial charge >= 0.3 is 0 Å². The average molecular weight is 411 g/mol. The predicted octanol–water partition coefficient (Wildman–Crippen LogP) is 7.63. The Bertz CT molecular complexity index is 712. The zero-order valence-electron chi connectivity index (χ0n) is 9.25. The lowest BCUT2D eigenvalue weighted by atomic mass is 10.0. The molecule has 0 unspecified atom stereocenters. The number of hydrogen-bond donors (Lipinski definition) is 1. The van der Waals surface area contributed by atoms with E-state index in [0.29, 0.717) is 5.56 Å². The molecule has 0 bridgehead atoms. The summed E-state index contributed by atoms with van der Waals surface area (Å²) in [5, 5.41) is 10.4. The van der Waals surface area contributed by atoms with Crippen LogP contribution in [-0.2, 0) is 0 Å². The van der Waals surface area contributed by atoms with E-state index in [0.717, 1.165) is 0 Å². The molecule has 0 saturated heterocycles. The molecule has 0 radical (unpaired) electrons. The molecule has 0 aliphatic rings. The van der Waals surface area contributed by atoms with Crippen LogP contribution in [0.5, 0.6) is 5.75 Å². The van der Waals surface area contributed by atoms with E-state index in [2.05, 4.69) is 0 Å². The van der Waals surface area contributed by atoms with Gasteiger partial charge in [0.05, 0.1) is 35.2 Å². The van der Waals surface area contributed by atoms with Gasteiger partial charge in [-0.2, -0.15) is 0 Å². The summed E-state index contributed by atoms with van der Waals surface area (Å²) in [6.45, 7) is 0. The molecule has 1 N–H and O–H groups in total. The first-order chi connectivity index (χ1) is 9.25. The molecule has 0 saturated carbocycles. The fourth-order valence-corrected chi connectivity index (χ4v) is 3.45. The number of phenols is 1. The number of benzene rings is 2. The maximum Gasteiger partial charge on any atom is 0.153 e. The van der Waals surface area contributed by atoms with Gasteiger partial charge in [0, 0.05) is 11.1 Å². The largest absolute Gasteiger partial charge is 0.505 e. The van der Waals surface area contributed by atoms with Crippen molar-refractivity contribution in [3.63, 3.8) is 0 Å². The number of aromatic hydroxyl groups is 1. The van der Waals surface area contributed by atoms with Crippen molar-refractivity contribution in [2.75, 3.05) is 0 Å². The Kier molecular flexibility index (Phi) is 5.14. The van der Waals surface area contributed by atoms with Gasteiger partial charge in [0.2, 0.25) is 0 Å². The van der Waals surface area contributed by atoms with Crippen molar-refractivity contribution in [1.29, 1.82) is 0 Å². The number of rotatable bonds is 1. The second-order valence-corrected chi connectivity index (χ2v) is 6.46. The quantitative estimate of drug-likeness (QED) is 0.378. The Morgan fingerprint density at radius 2 is 1.20 bits per heavy atom. The Balaban J connectivity index is 2.86. The first kappa shape index (κ1) is 16.6. The summed E-state index contributed by atoms with van der Waals surface area (Å²) >= 11 is 41.9. The maximum absolute atomic E-state index is 9.80. The van der Waals surface area contributed by atoms with Crippen LogP contribution in [0, 0.1) is 0 Å². The van der Waals surface area contributed by atoms with Gasteiger partial charge in [-0.15, -0.1) is 0 Å². The SMILES string of the molecule is Oc1c(Cl)cc(Cl)c(-c2cc(Cl)c(Cl)c(Cl)c2Cl)c1Cl. The van der Waals surface area contributed by atoms with Gasteiger partial charge in [-0.1, -0.05) is 81.2 Å². The highest BCUT2D eigenvalue weighted by Crippen LogP contribution is 2.49. The van der Waals surface area contributed by atoms with Gasteiger partial charge in [0.25, 0.3) is 0 Å². The van der Waals surface area contributed by atoms with E-state index in [-0.39, 0.29) is 46.5 Å². The van der Waals surface area contributed by atoms with Crippen molar-refractivity contribution < 1.29 is 5.11 Å². The van der Waals surface area contributed by atoms with Crippen LogP contribution in [0.3, 0.4) is 0 Å². The van der Waals surface area contributed by atoms with Crippen LogP contribution in [0.4, 0.5) is 0 Å². The molecule has 0 aliphatic carbocycles. The van der Waals surface area contributed by atoms with Crippen LogP contribution in [0.2, 0.25) is 35.2 Å². The molecule has 1 nitrogen and oxygen atoms in total. The minimum Gasteiger partial charge on any atom is -0.505 e. The smallest absolute Gasteiger partial charge is 0.153 e. The first-order valence-corrected chi connectivity index (χ1v) is 7.60. The maximum atomic E-state index is 9.80. The van der Waals surface area contributed by atoms with E-state index in [1.807, 2.05) is 0 Å². The van der Waals surface area contributed by atoms with Crippen LogP contribution in [-0.4, -0.2) is 5.11 Å². The topological polar surface area (TPSA) is 20.2 Å². The second-order valence-electron chi connectivity index (χ2n) is 3.73. The van der Waals surface area contributed by atoms with E-state index in [1.165, 1.54) is 12.1 Å². The summed E-state index contributed by atoms with van der Waals surface area (Å²) in [7, 11) is 0. The lowest BCUT2D eigenvalue weighted by Crippen LogP contribution is -1.88. The van der Waals surface area contributed by atoms with Gasteiger partial charge in [-0.05, 0) is 12.1 Å². The summed E-state index contributed by atoms with van der Waals surface area (Å²) < 4.78 is 0. The van der Waals surface area contributed by atoms with E-state index in [4.69, 9.17) is 81.2 Å². The Hall–Kier alpha value is 0.270. The van der Waals surface area contributed by atoms with Gasteiger partial charge < -0.3 is 5.11 Å². The van der Waals surface area contributed by atoms with Crippen LogP contribution < -0.4 is 0 Å². The van der Waals surface area contributed by atoms with Gasteiger partial charge in [-0.3, -0.25) is 0 Å². The van der Waals surface area contributed by atoms with Gasteiger partial charge in [-0.25, -0.2) is 0 Å². The van der Waals surface area contributed by atoms with Crippen molar-refractivity contribution in [3.05, 3.63) is 47.3 Å². The lowest BCUT2D eigenvalue weighted by Gasteiger charge is -2.14. The molecule has 2 rings (SSSR count). The molecule has 0 aromatic heterocycles. The molecule has 0 atom stereocenters. The van der Waals surface area contributed by atoms with Crippen molar-refractivity contribution in [2.24, 2.45) is 0 Å². The van der Waals surface area contributed by atoms with Crippen molar-refractivity contribution >= 4 is 81.2 Å². The monoisotopic (exact) mass is 408 g/mol. The third-order valence-electron chi connectivity index (χ3n) is 2.52. The molecule has 0 amide bonds. The fraction of sp³-hybridized carbons (Fsp3) is 0. The number of hydrogen-bond acceptors (Lipinski definition) is 1. The Morgan fingerprint density at radius 1 is 0.600 bits per heavy atom. The molecular formula is C12H3Cl7O. The van der Waals surface area contributed by atoms with Crippen LogP contribution >= 0.6 is 81.2 Å². The van der Waals surface area contributed by atoms with Crippen LogP contribution in [0.25, 0.3) is 11.1 Å². The van der Waals surface area contributed by atoms with Gasteiger partial charge in [0.15, 0.2) is 5.75 Å². The average Bonchev–Trinajstić information content (AvgIpc) is 2.39. The predicted molar refractivity (Wildman–Crippen MR) is 88.6 cm³/mol. The molecule has 2 aromatic rings. The molecule has 0 fully saturated rings. The van der Waals surface area contributed by atoms with E-state index >= 15 is 0 Å². The summed E-state index contributed by atoms with van der Waals surface area (Å²) in [6, 6.07) is 2.80. The van der Waals surface area contributed by atoms with Crippen molar-refractivity contribution in [1.82, 2.24) is 0 Å². The molecule has 106 valence electrons. The minimum absolute atomic E-state index is 0.0195. The summed E-state index contributed by atoms with van der Waals surface area (Å²) in [5.74, 6) is -0.314. The van der Waals surface area contributed by atoms with Crippen LogP contribution in [0.1, 0.15) is 0 Å². The normalized spacial score (nSPS) is 10.9. The highest BCUT2D eigenvalue weighted by atomic mass is 35.5. The van der Waals surface area contributed by atoms with Crippen molar-refractivity contribution in [3.8, 4) is 16.9 Å². The molecule has 0 spiro atoms. The lowest BCUT2D eigenvalue weighted by molar-refractivity contribution is 0.476. The highest BCUT2D eigenvalue weighted by Gasteiger charge is 2.21. The minimum atomic E-state index is -0.314. The summed E-state index contributed by atoms with van der Waals surface area (Å²) in [6.07, 6.45) is 0. The summed E-state index contributed by atoms with van der Waals surface area (Å²) in [4.78, 5) is 0. The van der Waals surface area contributed by atoms with E-state index < -0.39 is 0 Å².